The van der Waals surface area contributed by atoms with E-state index < -0.39 is 23.5 Å². The number of para-hydroxylation sites is 2. The first kappa shape index (κ1) is 30.8. The van der Waals surface area contributed by atoms with Crippen molar-refractivity contribution in [1.29, 1.82) is 5.26 Å². The predicted molar refractivity (Wildman–Crippen MR) is 182 cm³/mol. The van der Waals surface area contributed by atoms with Crippen molar-refractivity contribution in [2.45, 2.75) is 12.4 Å². The van der Waals surface area contributed by atoms with Crippen LogP contribution in [0.3, 0.4) is 0 Å². The summed E-state index contributed by atoms with van der Waals surface area (Å²) in [6, 6.07) is 33.3. The number of hydrogen-bond acceptors (Lipinski definition) is 1. The van der Waals surface area contributed by atoms with E-state index in [0.29, 0.717) is 71.7 Å². The second-order valence-electron chi connectivity index (χ2n) is 11.8. The summed E-state index contributed by atoms with van der Waals surface area (Å²) < 4.78 is 87.2. The molecule has 0 N–H and O–H groups in total. The molecule has 0 aliphatic heterocycles. The minimum atomic E-state index is -4.59. The Labute approximate surface area is 280 Å². The van der Waals surface area contributed by atoms with Crippen molar-refractivity contribution in [2.24, 2.45) is 0 Å². The second kappa shape index (κ2) is 11.0. The van der Waals surface area contributed by atoms with Crippen molar-refractivity contribution in [3.63, 3.8) is 0 Å². The molecule has 242 valence electrons. The Morgan fingerprint density at radius 1 is 0.540 bits per heavy atom. The summed E-state index contributed by atoms with van der Waals surface area (Å²) in [6.07, 6.45) is -9.17. The van der Waals surface area contributed by atoms with Crippen LogP contribution in [0, 0.1) is 17.9 Å². The summed E-state index contributed by atoms with van der Waals surface area (Å²) in [4.78, 5) is 3.84. The largest absolute Gasteiger partial charge is 0.416 e. The van der Waals surface area contributed by atoms with Crippen LogP contribution in [-0.2, 0) is 12.4 Å². The highest BCUT2D eigenvalue weighted by molar-refractivity contribution is 6.12. The summed E-state index contributed by atoms with van der Waals surface area (Å²) >= 11 is 0. The topological polar surface area (TPSA) is 38.0 Å². The quantitative estimate of drug-likeness (QED) is 0.136. The molecule has 8 aromatic rings. The second-order valence-corrected chi connectivity index (χ2v) is 11.8. The third-order valence-electron chi connectivity index (χ3n) is 9.00. The van der Waals surface area contributed by atoms with Crippen molar-refractivity contribution >= 4 is 49.3 Å². The Balaban J connectivity index is 1.55. The molecule has 0 amide bonds. The van der Waals surface area contributed by atoms with Gasteiger partial charge in [-0.05, 0) is 83.9 Å². The van der Waals surface area contributed by atoms with Gasteiger partial charge in [0.25, 0.3) is 0 Å². The molecule has 0 fully saturated rings. The van der Waals surface area contributed by atoms with E-state index in [1.807, 2.05) is 4.57 Å². The fourth-order valence-electron chi connectivity index (χ4n) is 6.82. The van der Waals surface area contributed by atoms with Gasteiger partial charge < -0.3 is 9.13 Å². The van der Waals surface area contributed by atoms with Crippen LogP contribution in [0.15, 0.2) is 121 Å². The average Bonchev–Trinajstić information content (AvgIpc) is 3.62. The summed E-state index contributed by atoms with van der Waals surface area (Å²) in [5.41, 5.74) is 2.90. The molecular formula is C40H20F6N4. The smallest absolute Gasteiger partial charge is 0.308 e. The normalized spacial score (nSPS) is 12.2. The van der Waals surface area contributed by atoms with E-state index in [0.717, 1.165) is 24.3 Å². The maximum Gasteiger partial charge on any atom is 0.416 e. The van der Waals surface area contributed by atoms with Crippen molar-refractivity contribution in [2.75, 3.05) is 0 Å². The molecule has 0 atom stereocenters. The predicted octanol–water partition coefficient (Wildman–Crippen LogP) is 12.0. The van der Waals surface area contributed by atoms with Gasteiger partial charge in [0.2, 0.25) is 0 Å². The van der Waals surface area contributed by atoms with Gasteiger partial charge in [0.05, 0.1) is 62.8 Å². The number of nitrogens with zero attached hydrogens (tertiary/aromatic N) is 4. The van der Waals surface area contributed by atoms with Crippen molar-refractivity contribution < 1.29 is 26.3 Å². The fourth-order valence-corrected chi connectivity index (χ4v) is 6.82. The Morgan fingerprint density at radius 3 is 1.54 bits per heavy atom. The number of benzene rings is 6. The molecule has 8 rings (SSSR count). The summed E-state index contributed by atoms with van der Waals surface area (Å²) in [5.74, 6) is 0. The molecule has 2 heterocycles. The van der Waals surface area contributed by atoms with E-state index in [1.165, 1.54) is 12.1 Å². The zero-order chi connectivity index (χ0) is 34.9. The van der Waals surface area contributed by atoms with Crippen LogP contribution in [0.5, 0.6) is 0 Å². The highest BCUT2D eigenvalue weighted by atomic mass is 19.4. The van der Waals surface area contributed by atoms with Gasteiger partial charge in [-0.1, -0.05) is 48.5 Å². The number of nitriles is 1. The van der Waals surface area contributed by atoms with Gasteiger partial charge in [-0.15, -0.1) is 0 Å². The first-order chi connectivity index (χ1) is 24.0. The average molecular weight is 671 g/mol. The van der Waals surface area contributed by atoms with Crippen molar-refractivity contribution in [3.05, 3.63) is 149 Å². The highest BCUT2D eigenvalue weighted by Gasteiger charge is 2.33. The van der Waals surface area contributed by atoms with Gasteiger partial charge in [-0.25, -0.2) is 4.85 Å². The molecule has 0 saturated carbocycles. The van der Waals surface area contributed by atoms with Gasteiger partial charge >= 0.3 is 12.4 Å². The third kappa shape index (κ3) is 4.76. The first-order valence-electron chi connectivity index (χ1n) is 15.3. The molecule has 0 saturated heterocycles. The van der Waals surface area contributed by atoms with Crippen LogP contribution in [0.4, 0.5) is 32.0 Å². The monoisotopic (exact) mass is 670 g/mol. The zero-order valence-electron chi connectivity index (χ0n) is 25.6. The lowest BCUT2D eigenvalue weighted by Gasteiger charge is -2.20. The maximum absolute atomic E-state index is 13.9. The molecule has 50 heavy (non-hydrogen) atoms. The zero-order valence-corrected chi connectivity index (χ0v) is 25.6. The van der Waals surface area contributed by atoms with Gasteiger partial charge in [0.15, 0.2) is 5.69 Å². The van der Waals surface area contributed by atoms with Crippen LogP contribution < -0.4 is 0 Å². The molecular weight excluding hydrogens is 650 g/mol. The molecule has 4 nitrogen and oxygen atoms in total. The Kier molecular flexibility index (Phi) is 6.78. The molecule has 0 aliphatic carbocycles. The number of alkyl halides is 6. The standard InChI is InChI=1S/C40H20F6N4/c1-48-32-21-38(50-34-12-5-3-10-28(34)31-19-26(40(44,45)46)14-16-36(31)50)37(20-29(32)24-8-6-7-23(17-24)22-47)49-33-11-4-2-9-27(33)30-18-25(39(41,42)43)13-15-35(30)49/h2-21H. The molecule has 0 spiro atoms. The lowest BCUT2D eigenvalue weighted by atomic mass is 9.99. The number of hydrogen-bond donors (Lipinski definition) is 0. The molecule has 0 radical (unpaired) electrons. The first-order valence-corrected chi connectivity index (χ1v) is 15.3. The van der Waals surface area contributed by atoms with Crippen LogP contribution >= 0.6 is 0 Å². The number of fused-ring (bicyclic) bond motifs is 6. The minimum Gasteiger partial charge on any atom is -0.308 e. The fraction of sp³-hybridized carbons (Fsp3) is 0.0500. The summed E-state index contributed by atoms with van der Waals surface area (Å²) in [5, 5.41) is 11.4. The SMILES string of the molecule is [C-]#[N+]c1cc(-n2c3ccccc3c3cc(C(F)(F)F)ccc32)c(-n2c3ccccc3c3cc(C(F)(F)F)ccc32)cc1-c1cccc(C#N)c1. The van der Waals surface area contributed by atoms with Crippen LogP contribution in [0.25, 0.3) is 71.0 Å². The van der Waals surface area contributed by atoms with Crippen LogP contribution in [-0.4, -0.2) is 9.13 Å². The van der Waals surface area contributed by atoms with Gasteiger partial charge in [-0.3, -0.25) is 0 Å². The third-order valence-corrected chi connectivity index (χ3v) is 9.00. The minimum absolute atomic E-state index is 0.205. The number of aromatic nitrogens is 2. The van der Waals surface area contributed by atoms with Gasteiger partial charge in [0, 0.05) is 21.5 Å². The number of rotatable bonds is 3. The molecule has 2 aromatic heterocycles. The van der Waals surface area contributed by atoms with E-state index in [4.69, 9.17) is 6.57 Å². The summed E-state index contributed by atoms with van der Waals surface area (Å²) in [6.45, 7) is 8.18. The molecule has 6 aromatic carbocycles. The molecule has 0 bridgehead atoms. The van der Waals surface area contributed by atoms with E-state index in [-0.39, 0.29) is 5.69 Å². The Morgan fingerprint density at radius 2 is 1.04 bits per heavy atom. The number of halogens is 6. The van der Waals surface area contributed by atoms with Crippen LogP contribution in [0.2, 0.25) is 0 Å². The van der Waals surface area contributed by atoms with Crippen molar-refractivity contribution in [1.82, 2.24) is 9.13 Å². The van der Waals surface area contributed by atoms with Gasteiger partial charge in [0.1, 0.15) is 0 Å². The van der Waals surface area contributed by atoms with Gasteiger partial charge in [-0.2, -0.15) is 31.6 Å². The maximum atomic E-state index is 13.9. The Bertz CT molecular complexity index is 2770. The summed E-state index contributed by atoms with van der Waals surface area (Å²) in [7, 11) is 0. The van der Waals surface area contributed by atoms with E-state index in [9.17, 15) is 31.6 Å². The molecule has 0 unspecified atom stereocenters. The van der Waals surface area contributed by atoms with E-state index >= 15 is 0 Å². The molecule has 10 heteroatoms. The molecule has 0 aliphatic rings. The lowest BCUT2D eigenvalue weighted by Crippen LogP contribution is -2.06. The van der Waals surface area contributed by atoms with Crippen molar-refractivity contribution in [3.8, 4) is 28.6 Å². The van der Waals surface area contributed by atoms with E-state index in [1.54, 1.807) is 89.5 Å². The highest BCUT2D eigenvalue weighted by Crippen LogP contribution is 2.44. The van der Waals surface area contributed by atoms with Crippen LogP contribution in [0.1, 0.15) is 16.7 Å². The van der Waals surface area contributed by atoms with E-state index in [2.05, 4.69) is 10.9 Å². The lowest BCUT2D eigenvalue weighted by molar-refractivity contribution is -0.138. The Hall–Kier alpha value is -6.52.